The molecule has 6 nitrogen and oxygen atoms in total. The van der Waals surface area contributed by atoms with E-state index >= 15 is 0 Å². The van der Waals surface area contributed by atoms with E-state index in [4.69, 9.17) is 21.6 Å². The van der Waals surface area contributed by atoms with Crippen molar-refractivity contribution in [1.29, 1.82) is 5.26 Å². The Kier molecular flexibility index (Phi) is 4.52. The predicted molar refractivity (Wildman–Crippen MR) is 101 cm³/mol. The lowest BCUT2D eigenvalue weighted by molar-refractivity contribution is -0.141. The summed E-state index contributed by atoms with van der Waals surface area (Å²) >= 11 is 6.84. The van der Waals surface area contributed by atoms with Gasteiger partial charge in [0.05, 0.1) is 10.6 Å². The van der Waals surface area contributed by atoms with Gasteiger partial charge in [-0.25, -0.2) is 4.39 Å². The third-order valence-electron chi connectivity index (χ3n) is 5.07. The molecule has 2 bridgehead atoms. The second-order valence-electron chi connectivity index (χ2n) is 7.23. The Morgan fingerprint density at radius 1 is 1.25 bits per heavy atom. The molecule has 2 amide bonds. The summed E-state index contributed by atoms with van der Waals surface area (Å²) in [5.74, 6) is -0.941. The summed E-state index contributed by atoms with van der Waals surface area (Å²) in [5.41, 5.74) is -0.277. The minimum Gasteiger partial charge on any atom is -0.484 e. The minimum absolute atomic E-state index is 0.0116. The molecule has 0 atom stereocenters. The lowest BCUT2D eigenvalue weighted by Crippen LogP contribution is -2.84. The molecule has 9 heteroatoms. The number of hydrogen-bond donors (Lipinski definition) is 2. The van der Waals surface area contributed by atoms with Crippen molar-refractivity contribution >= 4 is 34.8 Å². The average molecular weight is 420 g/mol. The molecule has 3 saturated carbocycles. The largest absolute Gasteiger partial charge is 0.484 e. The third-order valence-corrected chi connectivity index (χ3v) is 6.29. The van der Waals surface area contributed by atoms with E-state index in [1.165, 1.54) is 23.5 Å². The Morgan fingerprint density at radius 3 is 2.64 bits per heavy atom. The van der Waals surface area contributed by atoms with Crippen LogP contribution in [0.15, 0.2) is 29.6 Å². The van der Waals surface area contributed by atoms with Crippen molar-refractivity contribution in [3.05, 3.63) is 50.9 Å². The van der Waals surface area contributed by atoms with Crippen molar-refractivity contribution in [2.45, 2.75) is 30.3 Å². The maximum Gasteiger partial charge on any atom is 0.263 e. The number of halogens is 2. The van der Waals surface area contributed by atoms with Crippen LogP contribution in [0.4, 0.5) is 4.39 Å². The van der Waals surface area contributed by atoms with Gasteiger partial charge >= 0.3 is 0 Å². The van der Waals surface area contributed by atoms with Gasteiger partial charge in [-0.3, -0.25) is 9.59 Å². The van der Waals surface area contributed by atoms with Crippen LogP contribution in [0.3, 0.4) is 0 Å². The summed E-state index contributed by atoms with van der Waals surface area (Å²) in [4.78, 5) is 24.9. The summed E-state index contributed by atoms with van der Waals surface area (Å²) in [7, 11) is 0. The van der Waals surface area contributed by atoms with Gasteiger partial charge in [0, 0.05) is 17.1 Å². The molecule has 1 aromatic carbocycles. The zero-order chi connectivity index (χ0) is 19.9. The summed E-state index contributed by atoms with van der Waals surface area (Å²) in [6.07, 6.45) is 1.92. The molecule has 0 spiro atoms. The van der Waals surface area contributed by atoms with Crippen LogP contribution in [0, 0.1) is 17.1 Å². The highest BCUT2D eigenvalue weighted by molar-refractivity contribution is 7.12. The molecular formula is C19H15ClFN3O3S. The Bertz CT molecular complexity index is 996. The van der Waals surface area contributed by atoms with E-state index in [2.05, 4.69) is 10.6 Å². The molecule has 5 rings (SSSR count). The van der Waals surface area contributed by atoms with E-state index in [0.29, 0.717) is 29.7 Å². The van der Waals surface area contributed by atoms with Gasteiger partial charge in [-0.05, 0) is 42.8 Å². The molecular weight excluding hydrogens is 405 g/mol. The Hall–Kier alpha value is -2.63. The van der Waals surface area contributed by atoms with Crippen LogP contribution >= 0.6 is 22.9 Å². The fourth-order valence-electron chi connectivity index (χ4n) is 3.97. The summed E-state index contributed by atoms with van der Waals surface area (Å²) < 4.78 is 18.7. The number of nitriles is 1. The first-order chi connectivity index (χ1) is 13.3. The first-order valence-corrected chi connectivity index (χ1v) is 9.78. The van der Waals surface area contributed by atoms with Crippen molar-refractivity contribution in [3.63, 3.8) is 0 Å². The first-order valence-electron chi connectivity index (χ1n) is 8.53. The summed E-state index contributed by atoms with van der Waals surface area (Å²) in [6.45, 7) is -0.233. The standard InChI is InChI=1S/C19H15ClFN3O3S/c20-13-2-1-12(5-14(13)21)27-7-15(25)23-18-8-19(9-18,10-18)24-17(26)16-11(6-22)3-4-28-16/h1-5H,7-10H2,(H,23,25)(H,24,26). The molecule has 0 saturated heterocycles. The van der Waals surface area contributed by atoms with Crippen molar-refractivity contribution in [1.82, 2.24) is 10.6 Å². The van der Waals surface area contributed by atoms with E-state index in [9.17, 15) is 14.0 Å². The first kappa shape index (κ1) is 18.7. The molecule has 2 aromatic rings. The highest BCUT2D eigenvalue weighted by Gasteiger charge is 2.69. The van der Waals surface area contributed by atoms with Crippen molar-refractivity contribution in [3.8, 4) is 11.8 Å². The van der Waals surface area contributed by atoms with Gasteiger partial charge in [-0.2, -0.15) is 5.26 Å². The number of nitrogens with one attached hydrogen (secondary N) is 2. The van der Waals surface area contributed by atoms with Crippen LogP contribution in [-0.2, 0) is 4.79 Å². The monoisotopic (exact) mass is 419 g/mol. The van der Waals surface area contributed by atoms with Crippen LogP contribution in [0.2, 0.25) is 5.02 Å². The number of amides is 2. The van der Waals surface area contributed by atoms with Crippen LogP contribution in [-0.4, -0.2) is 29.5 Å². The SMILES string of the molecule is N#Cc1ccsc1C(=O)NC12CC(NC(=O)COc3ccc(Cl)c(F)c3)(C1)C2. The second-order valence-corrected chi connectivity index (χ2v) is 8.56. The highest BCUT2D eigenvalue weighted by atomic mass is 35.5. The van der Waals surface area contributed by atoms with Gasteiger partial charge in [0.15, 0.2) is 6.61 Å². The van der Waals surface area contributed by atoms with E-state index < -0.39 is 5.82 Å². The van der Waals surface area contributed by atoms with Crippen LogP contribution in [0.5, 0.6) is 5.75 Å². The van der Waals surface area contributed by atoms with Crippen molar-refractivity contribution in [2.75, 3.05) is 6.61 Å². The molecule has 0 aliphatic heterocycles. The maximum absolute atomic E-state index is 13.4. The van der Waals surface area contributed by atoms with Crippen LogP contribution in [0.1, 0.15) is 34.5 Å². The number of ether oxygens (including phenoxy) is 1. The molecule has 0 radical (unpaired) electrons. The van der Waals surface area contributed by atoms with Gasteiger partial charge in [0.25, 0.3) is 11.8 Å². The number of rotatable bonds is 6. The molecule has 28 heavy (non-hydrogen) atoms. The lowest BCUT2D eigenvalue weighted by Gasteiger charge is -2.70. The predicted octanol–water partition coefficient (Wildman–Crippen LogP) is 3.01. The van der Waals surface area contributed by atoms with Crippen LogP contribution in [0.25, 0.3) is 0 Å². The molecule has 144 valence electrons. The summed E-state index contributed by atoms with van der Waals surface area (Å²) in [6, 6.07) is 7.61. The van der Waals surface area contributed by atoms with Crippen molar-refractivity contribution < 1.29 is 18.7 Å². The number of hydrogen-bond acceptors (Lipinski definition) is 5. The van der Waals surface area contributed by atoms with E-state index in [1.54, 1.807) is 11.4 Å². The number of nitrogens with zero attached hydrogens (tertiary/aromatic N) is 1. The smallest absolute Gasteiger partial charge is 0.263 e. The van der Waals surface area contributed by atoms with Gasteiger partial charge in [-0.1, -0.05) is 11.6 Å². The maximum atomic E-state index is 13.4. The van der Waals surface area contributed by atoms with E-state index in [-0.39, 0.29) is 40.3 Å². The number of carbonyl (C=O) groups is 2. The third kappa shape index (κ3) is 3.32. The van der Waals surface area contributed by atoms with Crippen molar-refractivity contribution in [2.24, 2.45) is 0 Å². The van der Waals surface area contributed by atoms with Gasteiger partial charge in [0.2, 0.25) is 0 Å². The fraction of sp³-hybridized carbons (Fsp3) is 0.316. The number of carbonyl (C=O) groups excluding carboxylic acids is 2. The molecule has 3 aliphatic carbocycles. The van der Waals surface area contributed by atoms with Gasteiger partial charge in [0.1, 0.15) is 22.5 Å². The topological polar surface area (TPSA) is 91.2 Å². The van der Waals surface area contributed by atoms with E-state index in [1.807, 2.05) is 6.07 Å². The molecule has 1 aromatic heterocycles. The van der Waals surface area contributed by atoms with Crippen LogP contribution < -0.4 is 15.4 Å². The second kappa shape index (κ2) is 6.76. The normalized spacial score (nSPS) is 24.3. The Labute approximate surface area is 169 Å². The average Bonchev–Trinajstić information content (AvgIpc) is 3.08. The molecule has 2 N–H and O–H groups in total. The van der Waals surface area contributed by atoms with Gasteiger partial charge < -0.3 is 15.4 Å². The zero-order valence-electron chi connectivity index (χ0n) is 14.6. The number of benzene rings is 1. The molecule has 3 aliphatic rings. The van der Waals surface area contributed by atoms with E-state index in [0.717, 1.165) is 6.07 Å². The molecule has 0 unspecified atom stereocenters. The Balaban J connectivity index is 1.25. The molecule has 1 heterocycles. The highest BCUT2D eigenvalue weighted by Crippen LogP contribution is 2.60. The Morgan fingerprint density at radius 2 is 1.96 bits per heavy atom. The number of thiophene rings is 1. The minimum atomic E-state index is -0.609. The lowest BCUT2D eigenvalue weighted by atomic mass is 9.44. The zero-order valence-corrected chi connectivity index (χ0v) is 16.1. The van der Waals surface area contributed by atoms with Gasteiger partial charge in [-0.15, -0.1) is 11.3 Å². The molecule has 3 fully saturated rings. The quantitative estimate of drug-likeness (QED) is 0.753. The summed E-state index contributed by atoms with van der Waals surface area (Å²) in [5, 5.41) is 16.6. The fourth-order valence-corrected chi connectivity index (χ4v) is 4.83.